The van der Waals surface area contributed by atoms with Crippen LogP contribution in [0.1, 0.15) is 24.5 Å². The summed E-state index contributed by atoms with van der Waals surface area (Å²) in [6.07, 6.45) is 1.49. The van der Waals surface area contributed by atoms with Crippen molar-refractivity contribution in [1.82, 2.24) is 14.5 Å². The fourth-order valence-corrected chi connectivity index (χ4v) is 5.25. The van der Waals surface area contributed by atoms with E-state index in [4.69, 9.17) is 9.47 Å². The first-order chi connectivity index (χ1) is 14.5. The summed E-state index contributed by atoms with van der Waals surface area (Å²) in [4.78, 5) is 0.295. The number of hydrogen-bond acceptors (Lipinski definition) is 5. The maximum Gasteiger partial charge on any atom is 0.243 e. The number of benzene rings is 2. The monoisotopic (exact) mass is 427 g/mol. The van der Waals surface area contributed by atoms with E-state index in [2.05, 4.69) is 10.2 Å². The molecule has 4 rings (SSSR count). The highest BCUT2D eigenvalue weighted by atomic mass is 32.2. The van der Waals surface area contributed by atoms with E-state index in [1.165, 1.54) is 0 Å². The van der Waals surface area contributed by atoms with Crippen molar-refractivity contribution in [3.05, 3.63) is 60.3 Å². The first-order valence-electron chi connectivity index (χ1n) is 9.85. The number of H-pyrrole nitrogens is 1. The molecule has 1 aliphatic rings. The molecular weight excluding hydrogens is 402 g/mol. The van der Waals surface area contributed by atoms with Crippen molar-refractivity contribution in [3.8, 4) is 22.8 Å². The van der Waals surface area contributed by atoms with Gasteiger partial charge >= 0.3 is 0 Å². The SMILES string of the molecule is COc1ccc(S(=O)(=O)N2CCC(c3cc(-c4cccc(OC)c4)n[nH]3)CC2)cc1. The fourth-order valence-electron chi connectivity index (χ4n) is 3.78. The third-order valence-electron chi connectivity index (χ3n) is 5.55. The average Bonchev–Trinajstić information content (AvgIpc) is 3.29. The van der Waals surface area contributed by atoms with Crippen molar-refractivity contribution in [2.45, 2.75) is 23.7 Å². The molecule has 30 heavy (non-hydrogen) atoms. The number of hydrogen-bond donors (Lipinski definition) is 1. The smallest absolute Gasteiger partial charge is 0.243 e. The Bertz CT molecular complexity index is 1100. The molecule has 7 nitrogen and oxygen atoms in total. The molecule has 0 amide bonds. The molecule has 2 aromatic carbocycles. The largest absolute Gasteiger partial charge is 0.497 e. The molecule has 0 aliphatic carbocycles. The van der Waals surface area contributed by atoms with Crippen LogP contribution in [-0.2, 0) is 10.0 Å². The van der Waals surface area contributed by atoms with E-state index < -0.39 is 10.0 Å². The first-order valence-corrected chi connectivity index (χ1v) is 11.3. The topological polar surface area (TPSA) is 84.5 Å². The van der Waals surface area contributed by atoms with Crippen LogP contribution in [-0.4, -0.2) is 50.2 Å². The minimum Gasteiger partial charge on any atom is -0.497 e. The van der Waals surface area contributed by atoms with Crippen LogP contribution in [0.25, 0.3) is 11.3 Å². The second kappa shape index (κ2) is 8.49. The molecule has 2 heterocycles. The van der Waals surface area contributed by atoms with Gasteiger partial charge in [-0.3, -0.25) is 5.10 Å². The molecule has 1 N–H and O–H groups in total. The quantitative estimate of drug-likeness (QED) is 0.649. The van der Waals surface area contributed by atoms with Gasteiger partial charge in [-0.1, -0.05) is 12.1 Å². The molecule has 8 heteroatoms. The summed E-state index contributed by atoms with van der Waals surface area (Å²) >= 11 is 0. The van der Waals surface area contributed by atoms with Gasteiger partial charge in [-0.05, 0) is 55.3 Å². The Kier molecular flexibility index (Phi) is 5.78. The minimum atomic E-state index is -3.50. The summed E-state index contributed by atoms with van der Waals surface area (Å²) < 4.78 is 37.8. The molecule has 0 radical (unpaired) electrons. The number of rotatable bonds is 6. The van der Waals surface area contributed by atoms with E-state index >= 15 is 0 Å². The number of nitrogens with one attached hydrogen (secondary N) is 1. The second-order valence-corrected chi connectivity index (χ2v) is 9.23. The molecule has 0 saturated carbocycles. The van der Waals surface area contributed by atoms with Gasteiger partial charge in [0.2, 0.25) is 10.0 Å². The van der Waals surface area contributed by atoms with Crippen LogP contribution < -0.4 is 9.47 Å². The number of piperidine rings is 1. The number of aromatic nitrogens is 2. The van der Waals surface area contributed by atoms with Gasteiger partial charge in [0.25, 0.3) is 0 Å². The van der Waals surface area contributed by atoms with Crippen LogP contribution in [0.3, 0.4) is 0 Å². The number of methoxy groups -OCH3 is 2. The second-order valence-electron chi connectivity index (χ2n) is 7.29. The lowest BCUT2D eigenvalue weighted by atomic mass is 9.94. The molecule has 0 unspecified atom stereocenters. The highest BCUT2D eigenvalue weighted by molar-refractivity contribution is 7.89. The molecule has 0 atom stereocenters. The Morgan fingerprint density at radius 3 is 2.33 bits per heavy atom. The molecule has 0 spiro atoms. The molecule has 1 aliphatic heterocycles. The minimum absolute atomic E-state index is 0.249. The Labute approximate surface area is 176 Å². The third-order valence-corrected chi connectivity index (χ3v) is 7.47. The van der Waals surface area contributed by atoms with Gasteiger partial charge in [0.15, 0.2) is 0 Å². The summed E-state index contributed by atoms with van der Waals surface area (Å²) in [7, 11) is -0.299. The first kappa shape index (κ1) is 20.4. The molecule has 1 fully saturated rings. The summed E-state index contributed by atoms with van der Waals surface area (Å²) in [5, 5.41) is 7.58. The number of sulfonamides is 1. The summed E-state index contributed by atoms with van der Waals surface area (Å²) in [6, 6.07) is 16.4. The van der Waals surface area contributed by atoms with E-state index in [9.17, 15) is 8.42 Å². The lowest BCUT2D eigenvalue weighted by Crippen LogP contribution is -2.37. The van der Waals surface area contributed by atoms with Crippen molar-refractivity contribution in [2.24, 2.45) is 0 Å². The van der Waals surface area contributed by atoms with E-state index in [1.807, 2.05) is 30.3 Å². The van der Waals surface area contributed by atoms with Crippen LogP contribution in [0.5, 0.6) is 11.5 Å². The molecule has 3 aromatic rings. The standard InChI is InChI=1S/C22H25N3O4S/c1-28-18-6-8-20(9-7-18)30(26,27)25-12-10-16(11-13-25)21-15-22(24-23-21)17-4-3-5-19(14-17)29-2/h3-9,14-16H,10-13H2,1-2H3,(H,23,24). The van der Waals surface area contributed by atoms with Crippen molar-refractivity contribution < 1.29 is 17.9 Å². The normalized spacial score (nSPS) is 15.8. The summed E-state index contributed by atoms with van der Waals surface area (Å²) in [5.41, 5.74) is 2.88. The molecule has 158 valence electrons. The van der Waals surface area contributed by atoms with Gasteiger partial charge < -0.3 is 9.47 Å². The Balaban J connectivity index is 1.44. The maximum absolute atomic E-state index is 12.9. The van der Waals surface area contributed by atoms with Crippen LogP contribution in [0.15, 0.2) is 59.5 Å². The zero-order chi connectivity index (χ0) is 21.1. The predicted molar refractivity (Wildman–Crippen MR) is 114 cm³/mol. The average molecular weight is 428 g/mol. The van der Waals surface area contributed by atoms with Gasteiger partial charge in [-0.25, -0.2) is 8.42 Å². The van der Waals surface area contributed by atoms with Crippen LogP contribution in [0.4, 0.5) is 0 Å². The molecule has 1 saturated heterocycles. The van der Waals surface area contributed by atoms with Crippen molar-refractivity contribution in [2.75, 3.05) is 27.3 Å². The highest BCUT2D eigenvalue weighted by Crippen LogP contribution is 2.32. The third kappa shape index (κ3) is 4.06. The van der Waals surface area contributed by atoms with E-state index in [0.29, 0.717) is 23.7 Å². The fraction of sp³-hybridized carbons (Fsp3) is 0.318. The van der Waals surface area contributed by atoms with Gasteiger partial charge in [0, 0.05) is 30.3 Å². The zero-order valence-electron chi connectivity index (χ0n) is 17.0. The molecule has 1 aromatic heterocycles. The van der Waals surface area contributed by atoms with Crippen molar-refractivity contribution in [3.63, 3.8) is 0 Å². The number of ether oxygens (including phenoxy) is 2. The van der Waals surface area contributed by atoms with Gasteiger partial charge in [0.1, 0.15) is 11.5 Å². The molecule has 0 bridgehead atoms. The number of nitrogens with zero attached hydrogens (tertiary/aromatic N) is 2. The van der Waals surface area contributed by atoms with Crippen LogP contribution in [0, 0.1) is 0 Å². The summed E-state index contributed by atoms with van der Waals surface area (Å²) in [5.74, 6) is 1.67. The van der Waals surface area contributed by atoms with E-state index in [1.54, 1.807) is 42.8 Å². The lowest BCUT2D eigenvalue weighted by Gasteiger charge is -2.30. The predicted octanol–water partition coefficient (Wildman–Crippen LogP) is 3.66. The van der Waals surface area contributed by atoms with Gasteiger partial charge in [-0.15, -0.1) is 0 Å². The van der Waals surface area contributed by atoms with E-state index in [-0.39, 0.29) is 5.92 Å². The molecular formula is C22H25N3O4S. The van der Waals surface area contributed by atoms with Crippen molar-refractivity contribution >= 4 is 10.0 Å². The van der Waals surface area contributed by atoms with Gasteiger partial charge in [-0.2, -0.15) is 9.40 Å². The number of aromatic amines is 1. The van der Waals surface area contributed by atoms with Gasteiger partial charge in [0.05, 0.1) is 24.8 Å². The maximum atomic E-state index is 12.9. The van der Waals surface area contributed by atoms with E-state index in [0.717, 1.165) is 35.5 Å². The summed E-state index contributed by atoms with van der Waals surface area (Å²) in [6.45, 7) is 0.957. The Morgan fingerprint density at radius 1 is 0.967 bits per heavy atom. The lowest BCUT2D eigenvalue weighted by molar-refractivity contribution is 0.316. The van der Waals surface area contributed by atoms with Crippen LogP contribution >= 0.6 is 0 Å². The highest BCUT2D eigenvalue weighted by Gasteiger charge is 2.30. The zero-order valence-corrected chi connectivity index (χ0v) is 17.9. The Hall–Kier alpha value is -2.84. The Morgan fingerprint density at radius 2 is 1.67 bits per heavy atom. The van der Waals surface area contributed by atoms with Crippen LogP contribution in [0.2, 0.25) is 0 Å². The van der Waals surface area contributed by atoms with Crippen molar-refractivity contribution in [1.29, 1.82) is 0 Å².